The first-order valence-electron chi connectivity index (χ1n) is 10.7. The van der Waals surface area contributed by atoms with Crippen LogP contribution >= 0.6 is 0 Å². The number of carbonyl (C=O) groups excluding carboxylic acids is 3. The van der Waals surface area contributed by atoms with E-state index in [9.17, 15) is 22.8 Å². The van der Waals surface area contributed by atoms with Crippen molar-refractivity contribution in [1.29, 1.82) is 0 Å². The Hall–Kier alpha value is -3.20. The number of carbonyl (C=O) groups is 3. The molecule has 0 N–H and O–H groups in total. The minimum absolute atomic E-state index is 0.0326. The van der Waals surface area contributed by atoms with Crippen LogP contribution in [0.1, 0.15) is 53.8 Å². The lowest BCUT2D eigenvalue weighted by Gasteiger charge is -2.28. The van der Waals surface area contributed by atoms with Crippen molar-refractivity contribution in [2.45, 2.75) is 42.8 Å². The van der Waals surface area contributed by atoms with Crippen molar-refractivity contribution in [2.75, 3.05) is 20.3 Å². The third-order valence-corrected chi connectivity index (χ3v) is 8.30. The van der Waals surface area contributed by atoms with E-state index in [-0.39, 0.29) is 48.5 Å². The molecule has 0 fully saturated rings. The Labute approximate surface area is 193 Å². The summed E-state index contributed by atoms with van der Waals surface area (Å²) >= 11 is 0. The van der Waals surface area contributed by atoms with Crippen molar-refractivity contribution in [3.05, 3.63) is 59.7 Å². The average molecular weight is 474 g/mol. The molecule has 33 heavy (non-hydrogen) atoms. The van der Waals surface area contributed by atoms with Gasteiger partial charge in [0.2, 0.25) is 0 Å². The van der Waals surface area contributed by atoms with Gasteiger partial charge in [-0.1, -0.05) is 24.3 Å². The number of hydrogen-bond donors (Lipinski definition) is 0. The lowest BCUT2D eigenvalue weighted by atomic mass is 10.0. The molecule has 0 saturated carbocycles. The Morgan fingerprint density at radius 1 is 0.970 bits per heavy atom. The van der Waals surface area contributed by atoms with Crippen LogP contribution in [0.4, 0.5) is 0 Å². The zero-order valence-electron chi connectivity index (χ0n) is 18.9. The van der Waals surface area contributed by atoms with E-state index >= 15 is 0 Å². The standard InChI is InChI=1S/C24H27NO7S/c1-4-32-23(28)24(2,33(29,30)20-14-8-7-13-19(20)31-3)15-9-10-16-25-21(26)17-11-5-6-12-18(17)22(25)27/h5-8,11-14H,4,9-10,15-16H2,1-3H3. The monoisotopic (exact) mass is 473 g/mol. The number of esters is 1. The summed E-state index contributed by atoms with van der Waals surface area (Å²) in [6.07, 6.45) is 0.564. The van der Waals surface area contributed by atoms with Gasteiger partial charge in [-0.15, -0.1) is 0 Å². The van der Waals surface area contributed by atoms with E-state index in [1.165, 1.54) is 26.2 Å². The highest BCUT2D eigenvalue weighted by atomic mass is 32.2. The molecule has 1 aliphatic rings. The number of hydrogen-bond acceptors (Lipinski definition) is 7. The number of imide groups is 1. The molecule has 0 bridgehead atoms. The highest BCUT2D eigenvalue weighted by molar-refractivity contribution is 7.93. The van der Waals surface area contributed by atoms with Crippen molar-refractivity contribution in [3.8, 4) is 5.75 Å². The van der Waals surface area contributed by atoms with Crippen molar-refractivity contribution in [2.24, 2.45) is 0 Å². The van der Waals surface area contributed by atoms with Crippen molar-refractivity contribution in [3.63, 3.8) is 0 Å². The maximum absolute atomic E-state index is 13.6. The van der Waals surface area contributed by atoms with Gasteiger partial charge in [0.1, 0.15) is 10.6 Å². The van der Waals surface area contributed by atoms with Crippen LogP contribution in [0.5, 0.6) is 5.75 Å². The molecule has 3 rings (SSSR count). The Bertz CT molecular complexity index is 1140. The molecule has 1 heterocycles. The van der Waals surface area contributed by atoms with Crippen molar-refractivity contribution < 1.29 is 32.3 Å². The van der Waals surface area contributed by atoms with E-state index in [1.54, 1.807) is 43.3 Å². The molecule has 0 saturated heterocycles. The number of para-hydroxylation sites is 1. The van der Waals surface area contributed by atoms with Gasteiger partial charge in [-0.25, -0.2) is 8.42 Å². The Morgan fingerprint density at radius 3 is 2.12 bits per heavy atom. The summed E-state index contributed by atoms with van der Waals surface area (Å²) in [6.45, 7) is 3.11. The fourth-order valence-electron chi connectivity index (χ4n) is 3.89. The van der Waals surface area contributed by atoms with Gasteiger partial charge in [-0.3, -0.25) is 19.3 Å². The maximum atomic E-state index is 13.6. The Morgan fingerprint density at radius 2 is 1.55 bits per heavy atom. The fraction of sp³-hybridized carbons (Fsp3) is 0.375. The van der Waals surface area contributed by atoms with Gasteiger partial charge in [0.25, 0.3) is 11.8 Å². The second kappa shape index (κ2) is 9.74. The molecule has 2 amide bonds. The molecule has 1 aliphatic heterocycles. The molecule has 2 aromatic carbocycles. The molecule has 0 radical (unpaired) electrons. The summed E-state index contributed by atoms with van der Waals surface area (Å²) in [5.74, 6) is -1.45. The number of ether oxygens (including phenoxy) is 2. The zero-order valence-corrected chi connectivity index (χ0v) is 19.7. The summed E-state index contributed by atoms with van der Waals surface area (Å²) in [7, 11) is -2.82. The van der Waals surface area contributed by atoms with E-state index in [0.717, 1.165) is 4.90 Å². The number of methoxy groups -OCH3 is 1. The minimum atomic E-state index is -4.18. The number of unbranched alkanes of at least 4 members (excludes halogenated alkanes) is 1. The maximum Gasteiger partial charge on any atom is 0.327 e. The normalized spacial score (nSPS) is 15.2. The van der Waals surface area contributed by atoms with Gasteiger partial charge < -0.3 is 9.47 Å². The summed E-state index contributed by atoms with van der Waals surface area (Å²) in [4.78, 5) is 38.9. The summed E-state index contributed by atoms with van der Waals surface area (Å²) < 4.78 is 35.6. The molecule has 9 heteroatoms. The highest BCUT2D eigenvalue weighted by Crippen LogP contribution is 2.36. The van der Waals surface area contributed by atoms with Crippen molar-refractivity contribution >= 4 is 27.6 Å². The largest absolute Gasteiger partial charge is 0.495 e. The SMILES string of the molecule is CCOC(=O)C(C)(CCCCN1C(=O)c2ccccc2C1=O)S(=O)(=O)c1ccccc1OC. The molecule has 0 aliphatic carbocycles. The molecule has 0 aromatic heterocycles. The molecular weight excluding hydrogens is 446 g/mol. The van der Waals surface area contributed by atoms with Gasteiger partial charge in [0.15, 0.2) is 14.6 Å². The van der Waals surface area contributed by atoms with Crippen LogP contribution in [-0.4, -0.2) is 56.1 Å². The van der Waals surface area contributed by atoms with Gasteiger partial charge in [0, 0.05) is 6.54 Å². The van der Waals surface area contributed by atoms with Crippen LogP contribution in [0.2, 0.25) is 0 Å². The molecule has 1 atom stereocenters. The van der Waals surface area contributed by atoms with Crippen LogP contribution in [0.3, 0.4) is 0 Å². The number of amides is 2. The molecule has 8 nitrogen and oxygen atoms in total. The first kappa shape index (κ1) is 24.4. The molecular formula is C24H27NO7S. The topological polar surface area (TPSA) is 107 Å². The third-order valence-electron chi connectivity index (χ3n) is 5.82. The quantitative estimate of drug-likeness (QED) is 0.296. The lowest BCUT2D eigenvalue weighted by Crippen LogP contribution is -2.45. The lowest BCUT2D eigenvalue weighted by molar-refractivity contribution is -0.146. The summed E-state index contributed by atoms with van der Waals surface area (Å²) in [5.41, 5.74) is 0.718. The van der Waals surface area contributed by atoms with Crippen LogP contribution in [-0.2, 0) is 19.4 Å². The van der Waals surface area contributed by atoms with Gasteiger partial charge in [-0.2, -0.15) is 0 Å². The highest BCUT2D eigenvalue weighted by Gasteiger charge is 2.49. The molecule has 0 spiro atoms. The molecule has 2 aromatic rings. The van der Waals surface area contributed by atoms with Crippen LogP contribution in [0, 0.1) is 0 Å². The number of benzene rings is 2. The Balaban J connectivity index is 1.77. The number of rotatable bonds is 10. The van der Waals surface area contributed by atoms with Crippen LogP contribution in [0.25, 0.3) is 0 Å². The van der Waals surface area contributed by atoms with Crippen LogP contribution < -0.4 is 4.74 Å². The second-order valence-electron chi connectivity index (χ2n) is 7.87. The number of fused-ring (bicyclic) bond motifs is 1. The molecule has 1 unspecified atom stereocenters. The second-order valence-corrected chi connectivity index (χ2v) is 10.2. The van der Waals surface area contributed by atoms with E-state index in [0.29, 0.717) is 17.5 Å². The van der Waals surface area contributed by atoms with Gasteiger partial charge >= 0.3 is 5.97 Å². The fourth-order valence-corrected chi connectivity index (χ4v) is 5.74. The molecule has 176 valence electrons. The van der Waals surface area contributed by atoms with E-state index < -0.39 is 20.6 Å². The van der Waals surface area contributed by atoms with E-state index in [2.05, 4.69) is 0 Å². The number of sulfone groups is 1. The van der Waals surface area contributed by atoms with E-state index in [4.69, 9.17) is 9.47 Å². The van der Waals surface area contributed by atoms with Gasteiger partial charge in [-0.05, 0) is 57.4 Å². The number of nitrogens with zero attached hydrogens (tertiary/aromatic N) is 1. The predicted octanol–water partition coefficient (Wildman–Crippen LogP) is 3.26. The van der Waals surface area contributed by atoms with Gasteiger partial charge in [0.05, 0.1) is 24.8 Å². The van der Waals surface area contributed by atoms with Crippen molar-refractivity contribution in [1.82, 2.24) is 4.90 Å². The minimum Gasteiger partial charge on any atom is -0.495 e. The first-order chi connectivity index (χ1) is 15.7. The van der Waals surface area contributed by atoms with Crippen LogP contribution in [0.15, 0.2) is 53.4 Å². The van der Waals surface area contributed by atoms with E-state index in [1.807, 2.05) is 0 Å². The Kier molecular flexibility index (Phi) is 7.22. The zero-order chi connectivity index (χ0) is 24.2. The summed E-state index contributed by atoms with van der Waals surface area (Å²) in [5, 5.41) is 0. The first-order valence-corrected chi connectivity index (χ1v) is 12.2. The third kappa shape index (κ3) is 4.37. The summed E-state index contributed by atoms with van der Waals surface area (Å²) in [6, 6.07) is 12.7. The predicted molar refractivity (Wildman–Crippen MR) is 121 cm³/mol. The smallest absolute Gasteiger partial charge is 0.327 e. The average Bonchev–Trinajstić information content (AvgIpc) is 3.06.